The second kappa shape index (κ2) is 5.13. The molecule has 0 bridgehead atoms. The van der Waals surface area contributed by atoms with E-state index in [2.05, 4.69) is 29.2 Å². The minimum atomic E-state index is -0.0524. The zero-order chi connectivity index (χ0) is 18.1. The molecule has 0 spiro atoms. The van der Waals surface area contributed by atoms with Gasteiger partial charge in [0.05, 0.1) is 12.0 Å². The van der Waals surface area contributed by atoms with E-state index in [9.17, 15) is 4.79 Å². The number of nitrogens with one attached hydrogen (secondary N) is 1. The molecule has 4 heterocycles. The smallest absolute Gasteiger partial charge is 0.255 e. The number of H-pyrrole nitrogens is 1. The van der Waals surface area contributed by atoms with E-state index in [-0.39, 0.29) is 17.9 Å². The van der Waals surface area contributed by atoms with Crippen molar-refractivity contribution in [3.05, 3.63) is 94.6 Å². The fourth-order valence-corrected chi connectivity index (χ4v) is 4.81. The van der Waals surface area contributed by atoms with Gasteiger partial charge < -0.3 is 14.3 Å². The first-order chi connectivity index (χ1) is 13.2. The molecule has 1 amide bonds. The number of hydrogen-bond acceptors (Lipinski definition) is 2. The molecule has 0 fully saturated rings. The van der Waals surface area contributed by atoms with Crippen LogP contribution in [-0.2, 0) is 0 Å². The van der Waals surface area contributed by atoms with Crippen LogP contribution in [0.2, 0.25) is 0 Å². The van der Waals surface area contributed by atoms with Crippen LogP contribution in [0.25, 0.3) is 10.9 Å². The zero-order valence-electron chi connectivity index (χ0n) is 14.9. The molecule has 4 nitrogen and oxygen atoms in total. The zero-order valence-corrected chi connectivity index (χ0v) is 14.9. The van der Waals surface area contributed by atoms with Crippen LogP contribution < -0.4 is 0 Å². The highest BCUT2D eigenvalue weighted by molar-refractivity contribution is 6.01. The predicted octanol–water partition coefficient (Wildman–Crippen LogP) is 4.76. The third-order valence-electron chi connectivity index (χ3n) is 5.94. The topological polar surface area (TPSA) is 49.2 Å². The Morgan fingerprint density at radius 1 is 1.04 bits per heavy atom. The van der Waals surface area contributed by atoms with Crippen molar-refractivity contribution in [3.8, 4) is 0 Å². The number of carbonyl (C=O) groups excluding carboxylic acids is 1. The fourth-order valence-electron chi connectivity index (χ4n) is 4.81. The Morgan fingerprint density at radius 3 is 2.70 bits per heavy atom. The molecule has 0 radical (unpaired) electrons. The third-order valence-corrected chi connectivity index (χ3v) is 5.94. The Morgan fingerprint density at radius 2 is 1.85 bits per heavy atom. The van der Waals surface area contributed by atoms with Crippen molar-refractivity contribution in [1.82, 2.24) is 9.88 Å². The highest BCUT2D eigenvalue weighted by atomic mass is 16.3. The molecule has 132 valence electrons. The van der Waals surface area contributed by atoms with Gasteiger partial charge >= 0.3 is 0 Å². The van der Waals surface area contributed by atoms with Crippen molar-refractivity contribution in [2.24, 2.45) is 0 Å². The summed E-state index contributed by atoms with van der Waals surface area (Å²) in [6.07, 6.45) is 0. The Kier molecular flexibility index (Phi) is 2.82. The number of rotatable bonds is 1. The van der Waals surface area contributed by atoms with Crippen molar-refractivity contribution in [2.75, 3.05) is 6.54 Å². The lowest BCUT2D eigenvalue weighted by atomic mass is 9.85. The number of carbonyl (C=O) groups is 1. The van der Waals surface area contributed by atoms with E-state index in [1.165, 1.54) is 10.9 Å². The van der Waals surface area contributed by atoms with E-state index in [0.717, 1.165) is 33.9 Å². The minimum absolute atomic E-state index is 0.0272. The highest BCUT2D eigenvalue weighted by Gasteiger charge is 2.46. The molecule has 27 heavy (non-hydrogen) atoms. The molecule has 2 atom stereocenters. The number of aromatic amines is 1. The second-order valence-electron chi connectivity index (χ2n) is 7.45. The molecular formula is C23H18N2O2. The Labute approximate surface area is 156 Å². The summed E-state index contributed by atoms with van der Waals surface area (Å²) in [4.78, 5) is 18.7. The van der Waals surface area contributed by atoms with Gasteiger partial charge in [0, 0.05) is 28.7 Å². The van der Waals surface area contributed by atoms with Crippen molar-refractivity contribution < 1.29 is 9.21 Å². The summed E-state index contributed by atoms with van der Waals surface area (Å²) in [5, 5.41) is 1.21. The number of para-hydroxylation sites is 1. The van der Waals surface area contributed by atoms with Crippen molar-refractivity contribution in [2.45, 2.75) is 18.9 Å². The van der Waals surface area contributed by atoms with Gasteiger partial charge in [-0.1, -0.05) is 36.4 Å². The number of hydrogen-bond donors (Lipinski definition) is 1. The van der Waals surface area contributed by atoms with Gasteiger partial charge in [-0.25, -0.2) is 0 Å². The lowest BCUT2D eigenvalue weighted by Crippen LogP contribution is -2.37. The molecule has 2 aliphatic heterocycles. The van der Waals surface area contributed by atoms with E-state index >= 15 is 0 Å². The monoisotopic (exact) mass is 354 g/mol. The van der Waals surface area contributed by atoms with Crippen LogP contribution in [0, 0.1) is 6.92 Å². The maximum Gasteiger partial charge on any atom is 0.255 e. The van der Waals surface area contributed by atoms with Crippen molar-refractivity contribution in [1.29, 1.82) is 0 Å². The number of aryl methyl sites for hydroxylation is 1. The van der Waals surface area contributed by atoms with Crippen LogP contribution in [0.15, 0.2) is 65.1 Å². The number of fused-ring (bicyclic) bond motifs is 7. The lowest BCUT2D eigenvalue weighted by Gasteiger charge is -2.35. The Balaban J connectivity index is 1.65. The molecule has 0 unspecified atom stereocenters. The third kappa shape index (κ3) is 1.90. The SMILES string of the molecule is Cc1ccc([C@H]2CN3C(=O)c4ccccc4[C@H]3c3[nH]c4ccccc4c32)o1. The van der Waals surface area contributed by atoms with Gasteiger partial charge in [-0.3, -0.25) is 4.79 Å². The Hall–Kier alpha value is -3.27. The first-order valence-electron chi connectivity index (χ1n) is 9.29. The molecule has 0 saturated heterocycles. The molecule has 1 N–H and O–H groups in total. The summed E-state index contributed by atoms with van der Waals surface area (Å²) in [5.74, 6) is 1.94. The summed E-state index contributed by atoms with van der Waals surface area (Å²) < 4.78 is 6.01. The number of aromatic nitrogens is 1. The van der Waals surface area contributed by atoms with E-state index in [1.807, 2.05) is 48.2 Å². The van der Waals surface area contributed by atoms with Gasteiger partial charge in [0.2, 0.25) is 0 Å². The standard InChI is InChI=1S/C23H18N2O2/c1-13-10-11-19(27-13)17-12-25-22(14-6-2-3-7-15(14)23(25)26)21-20(17)16-8-4-5-9-18(16)24-21/h2-11,17,22,24H,12H2,1H3/t17-,22+/m1/s1. The molecule has 2 aliphatic rings. The van der Waals surface area contributed by atoms with Crippen LogP contribution in [0.3, 0.4) is 0 Å². The minimum Gasteiger partial charge on any atom is -0.466 e. The van der Waals surface area contributed by atoms with Gasteiger partial charge in [-0.05, 0) is 42.3 Å². The molecule has 0 aliphatic carbocycles. The van der Waals surface area contributed by atoms with Gasteiger partial charge in [0.25, 0.3) is 5.91 Å². The molecule has 4 aromatic rings. The summed E-state index contributed by atoms with van der Waals surface area (Å²) >= 11 is 0. The first-order valence-corrected chi connectivity index (χ1v) is 9.29. The maximum absolute atomic E-state index is 13.1. The number of amides is 1. The first kappa shape index (κ1) is 14.9. The fraction of sp³-hybridized carbons (Fsp3) is 0.174. The molecule has 6 rings (SSSR count). The van der Waals surface area contributed by atoms with Crippen molar-refractivity contribution in [3.63, 3.8) is 0 Å². The van der Waals surface area contributed by atoms with Gasteiger partial charge in [-0.15, -0.1) is 0 Å². The van der Waals surface area contributed by atoms with Crippen LogP contribution in [0.1, 0.15) is 50.7 Å². The van der Waals surface area contributed by atoms with Crippen LogP contribution in [-0.4, -0.2) is 22.3 Å². The van der Waals surface area contributed by atoms with E-state index in [4.69, 9.17) is 4.42 Å². The summed E-state index contributed by atoms with van der Waals surface area (Å²) in [6.45, 7) is 2.59. The lowest BCUT2D eigenvalue weighted by molar-refractivity contribution is 0.0723. The molecular weight excluding hydrogens is 336 g/mol. The number of nitrogens with zero attached hydrogens (tertiary/aromatic N) is 1. The second-order valence-corrected chi connectivity index (χ2v) is 7.45. The van der Waals surface area contributed by atoms with Crippen LogP contribution >= 0.6 is 0 Å². The average Bonchev–Trinajstić information content (AvgIpc) is 3.36. The summed E-state index contributed by atoms with van der Waals surface area (Å²) in [5.41, 5.74) is 5.37. The molecule has 0 saturated carbocycles. The molecule has 4 heteroatoms. The predicted molar refractivity (Wildman–Crippen MR) is 103 cm³/mol. The van der Waals surface area contributed by atoms with E-state index < -0.39 is 0 Å². The quantitative estimate of drug-likeness (QED) is 0.536. The largest absolute Gasteiger partial charge is 0.466 e. The normalized spacial score (nSPS) is 20.6. The average molecular weight is 354 g/mol. The van der Waals surface area contributed by atoms with Crippen LogP contribution in [0.4, 0.5) is 0 Å². The van der Waals surface area contributed by atoms with Gasteiger partial charge in [0.1, 0.15) is 11.5 Å². The summed E-state index contributed by atoms with van der Waals surface area (Å²) in [6, 6.07) is 20.3. The molecule has 2 aromatic heterocycles. The summed E-state index contributed by atoms with van der Waals surface area (Å²) in [7, 11) is 0. The Bertz CT molecular complexity index is 1220. The number of furan rings is 1. The number of benzene rings is 2. The highest BCUT2D eigenvalue weighted by Crippen LogP contribution is 2.49. The van der Waals surface area contributed by atoms with Crippen molar-refractivity contribution >= 4 is 16.8 Å². The van der Waals surface area contributed by atoms with Crippen LogP contribution in [0.5, 0.6) is 0 Å². The van der Waals surface area contributed by atoms with Gasteiger partial charge in [0.15, 0.2) is 0 Å². The van der Waals surface area contributed by atoms with E-state index in [1.54, 1.807) is 0 Å². The maximum atomic E-state index is 13.1. The van der Waals surface area contributed by atoms with Gasteiger partial charge in [-0.2, -0.15) is 0 Å². The molecule has 2 aromatic carbocycles. The van der Waals surface area contributed by atoms with E-state index in [0.29, 0.717) is 6.54 Å².